The number of nitrogens with zero attached hydrogens (tertiary/aromatic N) is 2. The molecular formula is C16H27N3O2S. The van der Waals surface area contributed by atoms with Crippen molar-refractivity contribution in [3.8, 4) is 0 Å². The Morgan fingerprint density at radius 2 is 1.77 bits per heavy atom. The van der Waals surface area contributed by atoms with Crippen molar-refractivity contribution in [3.63, 3.8) is 0 Å². The number of benzene rings is 1. The Kier molecular flexibility index (Phi) is 5.97. The van der Waals surface area contributed by atoms with E-state index < -0.39 is 10.2 Å². The Morgan fingerprint density at radius 1 is 1.18 bits per heavy atom. The summed E-state index contributed by atoms with van der Waals surface area (Å²) in [6.07, 6.45) is 2.92. The molecule has 1 saturated heterocycles. The molecule has 1 aromatic rings. The van der Waals surface area contributed by atoms with Crippen LogP contribution in [-0.2, 0) is 16.6 Å². The standard InChI is InChI=1S/C16H27N3O2S/c1-4-14-7-9-15(10-8-14)16(18(2)3)13-17-22(20,21)19-11-5-6-12-19/h7-10,16-17H,4-6,11-13H2,1-3H3. The van der Waals surface area contributed by atoms with E-state index in [2.05, 4.69) is 35.9 Å². The topological polar surface area (TPSA) is 52.7 Å². The molecule has 0 bridgehead atoms. The van der Waals surface area contributed by atoms with Crippen molar-refractivity contribution in [1.29, 1.82) is 0 Å². The molecule has 0 aliphatic carbocycles. The maximum absolute atomic E-state index is 12.3. The van der Waals surface area contributed by atoms with Crippen molar-refractivity contribution in [2.75, 3.05) is 33.7 Å². The first-order valence-electron chi connectivity index (χ1n) is 7.94. The van der Waals surface area contributed by atoms with Crippen LogP contribution in [0.3, 0.4) is 0 Å². The fourth-order valence-corrected chi connectivity index (χ4v) is 4.07. The van der Waals surface area contributed by atoms with Gasteiger partial charge in [0.25, 0.3) is 10.2 Å². The third-order valence-corrected chi connectivity index (χ3v) is 5.84. The molecule has 0 amide bonds. The summed E-state index contributed by atoms with van der Waals surface area (Å²) in [6.45, 7) is 3.78. The normalized spacial score (nSPS) is 18.0. The number of rotatable bonds is 7. The second kappa shape index (κ2) is 7.55. The molecule has 1 fully saturated rings. The molecule has 5 nitrogen and oxygen atoms in total. The van der Waals surface area contributed by atoms with Gasteiger partial charge in [0.15, 0.2) is 0 Å². The molecule has 1 aromatic carbocycles. The number of aryl methyl sites for hydroxylation is 1. The summed E-state index contributed by atoms with van der Waals surface area (Å²) < 4.78 is 28.9. The summed E-state index contributed by atoms with van der Waals surface area (Å²) in [5.41, 5.74) is 2.42. The highest BCUT2D eigenvalue weighted by Gasteiger charge is 2.26. The number of hydrogen-bond donors (Lipinski definition) is 1. The Morgan fingerprint density at radius 3 is 2.27 bits per heavy atom. The molecule has 0 radical (unpaired) electrons. The summed E-state index contributed by atoms with van der Waals surface area (Å²) >= 11 is 0. The van der Waals surface area contributed by atoms with Gasteiger partial charge in [-0.15, -0.1) is 0 Å². The van der Waals surface area contributed by atoms with E-state index in [0.29, 0.717) is 19.6 Å². The molecule has 22 heavy (non-hydrogen) atoms. The number of nitrogens with one attached hydrogen (secondary N) is 1. The lowest BCUT2D eigenvalue weighted by Gasteiger charge is -2.26. The molecule has 2 rings (SSSR count). The van der Waals surface area contributed by atoms with E-state index in [-0.39, 0.29) is 6.04 Å². The van der Waals surface area contributed by atoms with Crippen LogP contribution in [-0.4, -0.2) is 51.4 Å². The predicted octanol–water partition coefficient (Wildman–Crippen LogP) is 1.78. The molecule has 0 saturated carbocycles. The zero-order valence-electron chi connectivity index (χ0n) is 13.7. The van der Waals surface area contributed by atoms with Crippen LogP contribution in [0.5, 0.6) is 0 Å². The van der Waals surface area contributed by atoms with Gasteiger partial charge in [-0.25, -0.2) is 4.72 Å². The summed E-state index contributed by atoms with van der Waals surface area (Å²) in [5, 5.41) is 0. The quantitative estimate of drug-likeness (QED) is 0.831. The molecule has 1 aliphatic heterocycles. The van der Waals surface area contributed by atoms with Crippen LogP contribution in [0.4, 0.5) is 0 Å². The first kappa shape index (κ1) is 17.4. The van der Waals surface area contributed by atoms with Crippen LogP contribution in [0.25, 0.3) is 0 Å². The van der Waals surface area contributed by atoms with Gasteiger partial charge in [-0.1, -0.05) is 31.2 Å². The van der Waals surface area contributed by atoms with Gasteiger partial charge in [-0.3, -0.25) is 0 Å². The van der Waals surface area contributed by atoms with Gasteiger partial charge in [0, 0.05) is 25.7 Å². The molecule has 0 spiro atoms. The van der Waals surface area contributed by atoms with Crippen molar-refractivity contribution in [3.05, 3.63) is 35.4 Å². The Bertz CT molecular complexity index is 564. The van der Waals surface area contributed by atoms with Crippen LogP contribution >= 0.6 is 0 Å². The lowest BCUT2D eigenvalue weighted by molar-refractivity contribution is 0.297. The average Bonchev–Trinajstić information content (AvgIpc) is 3.03. The van der Waals surface area contributed by atoms with Crippen molar-refractivity contribution < 1.29 is 8.42 Å². The highest BCUT2D eigenvalue weighted by atomic mass is 32.2. The number of hydrogen-bond acceptors (Lipinski definition) is 3. The zero-order valence-corrected chi connectivity index (χ0v) is 14.6. The van der Waals surface area contributed by atoms with Crippen LogP contribution in [0, 0.1) is 0 Å². The third kappa shape index (κ3) is 4.29. The minimum atomic E-state index is -3.35. The van der Waals surface area contributed by atoms with E-state index in [4.69, 9.17) is 0 Å². The largest absolute Gasteiger partial charge is 0.301 e. The molecule has 0 aromatic heterocycles. The fraction of sp³-hybridized carbons (Fsp3) is 0.625. The van der Waals surface area contributed by atoms with Crippen LogP contribution in [0.1, 0.15) is 36.9 Å². The van der Waals surface area contributed by atoms with Crippen molar-refractivity contribution in [2.45, 2.75) is 32.2 Å². The lowest BCUT2D eigenvalue weighted by atomic mass is 10.0. The lowest BCUT2D eigenvalue weighted by Crippen LogP contribution is -2.42. The maximum atomic E-state index is 12.3. The average molecular weight is 325 g/mol. The molecule has 1 aliphatic rings. The van der Waals surface area contributed by atoms with Crippen molar-refractivity contribution in [2.24, 2.45) is 0 Å². The second-order valence-electron chi connectivity index (χ2n) is 6.03. The van der Waals surface area contributed by atoms with Gasteiger partial charge in [0.05, 0.1) is 0 Å². The van der Waals surface area contributed by atoms with E-state index in [1.165, 1.54) is 5.56 Å². The highest BCUT2D eigenvalue weighted by molar-refractivity contribution is 7.87. The molecular weight excluding hydrogens is 298 g/mol. The monoisotopic (exact) mass is 325 g/mol. The maximum Gasteiger partial charge on any atom is 0.279 e. The third-order valence-electron chi connectivity index (χ3n) is 4.26. The summed E-state index contributed by atoms with van der Waals surface area (Å²) in [4.78, 5) is 2.05. The van der Waals surface area contributed by atoms with E-state index in [0.717, 1.165) is 24.8 Å². The number of likely N-dealkylation sites (N-methyl/N-ethyl adjacent to an activating group) is 1. The smallest absolute Gasteiger partial charge is 0.279 e. The van der Waals surface area contributed by atoms with E-state index in [9.17, 15) is 8.42 Å². The van der Waals surface area contributed by atoms with Gasteiger partial charge in [0.2, 0.25) is 0 Å². The molecule has 1 atom stereocenters. The Hall–Kier alpha value is -0.950. The summed E-state index contributed by atoms with van der Waals surface area (Å²) in [6, 6.07) is 8.44. The summed E-state index contributed by atoms with van der Waals surface area (Å²) in [7, 11) is 0.597. The molecule has 1 heterocycles. The summed E-state index contributed by atoms with van der Waals surface area (Å²) in [5.74, 6) is 0. The highest BCUT2D eigenvalue weighted by Crippen LogP contribution is 2.19. The SMILES string of the molecule is CCc1ccc(C(CNS(=O)(=O)N2CCCC2)N(C)C)cc1. The van der Waals surface area contributed by atoms with E-state index in [1.54, 1.807) is 4.31 Å². The van der Waals surface area contributed by atoms with Gasteiger partial charge < -0.3 is 4.90 Å². The van der Waals surface area contributed by atoms with Gasteiger partial charge >= 0.3 is 0 Å². The first-order chi connectivity index (χ1) is 10.4. The Labute approximate surface area is 134 Å². The minimum absolute atomic E-state index is 0.0308. The molecule has 1 unspecified atom stereocenters. The van der Waals surface area contributed by atoms with Crippen LogP contribution < -0.4 is 4.72 Å². The van der Waals surface area contributed by atoms with Gasteiger partial charge in [-0.05, 0) is 44.5 Å². The van der Waals surface area contributed by atoms with Crippen molar-refractivity contribution >= 4 is 10.2 Å². The fourth-order valence-electron chi connectivity index (χ4n) is 2.78. The van der Waals surface area contributed by atoms with Gasteiger partial charge in [0.1, 0.15) is 0 Å². The van der Waals surface area contributed by atoms with Crippen LogP contribution in [0.2, 0.25) is 0 Å². The predicted molar refractivity (Wildman–Crippen MR) is 90.0 cm³/mol. The van der Waals surface area contributed by atoms with Crippen LogP contribution in [0.15, 0.2) is 24.3 Å². The molecule has 124 valence electrons. The van der Waals surface area contributed by atoms with Crippen molar-refractivity contribution in [1.82, 2.24) is 13.9 Å². The zero-order chi connectivity index (χ0) is 16.2. The van der Waals surface area contributed by atoms with Gasteiger partial charge in [-0.2, -0.15) is 12.7 Å². The minimum Gasteiger partial charge on any atom is -0.301 e. The molecule has 6 heteroatoms. The molecule has 1 N–H and O–H groups in total. The Balaban J connectivity index is 2.05. The first-order valence-corrected chi connectivity index (χ1v) is 9.38. The second-order valence-corrected chi connectivity index (χ2v) is 7.79. The van der Waals surface area contributed by atoms with E-state index >= 15 is 0 Å². The van der Waals surface area contributed by atoms with E-state index in [1.807, 2.05) is 19.0 Å².